The molecule has 0 saturated heterocycles. The van der Waals surface area contributed by atoms with E-state index in [4.69, 9.17) is 9.47 Å². The highest BCUT2D eigenvalue weighted by Gasteiger charge is 2.09. The number of pyridine rings is 1. The van der Waals surface area contributed by atoms with Crippen LogP contribution in [0, 0.1) is 0 Å². The van der Waals surface area contributed by atoms with Crippen molar-refractivity contribution in [2.45, 2.75) is 13.1 Å². The number of carbonyl (C=O) groups excluding carboxylic acids is 1. The van der Waals surface area contributed by atoms with Gasteiger partial charge in [-0.2, -0.15) is 0 Å². The van der Waals surface area contributed by atoms with Gasteiger partial charge in [-0.1, -0.05) is 18.2 Å². The Morgan fingerprint density at radius 2 is 1.73 bits per heavy atom. The number of imidazole rings is 1. The van der Waals surface area contributed by atoms with Gasteiger partial charge in [0.1, 0.15) is 5.52 Å². The topological polar surface area (TPSA) is 78.3 Å². The van der Waals surface area contributed by atoms with Crippen LogP contribution >= 0.6 is 0 Å². The van der Waals surface area contributed by atoms with Crippen LogP contribution < -0.4 is 14.8 Å². The highest BCUT2D eigenvalue weighted by atomic mass is 16.5. The van der Waals surface area contributed by atoms with E-state index in [-0.39, 0.29) is 5.91 Å². The molecule has 7 heteroatoms. The first-order chi connectivity index (χ1) is 14.7. The second-order valence-corrected chi connectivity index (χ2v) is 6.79. The lowest BCUT2D eigenvalue weighted by Gasteiger charge is -2.11. The van der Waals surface area contributed by atoms with E-state index in [1.807, 2.05) is 59.2 Å². The summed E-state index contributed by atoms with van der Waals surface area (Å²) >= 11 is 0. The van der Waals surface area contributed by atoms with Crippen LogP contribution in [0.15, 0.2) is 67.1 Å². The second kappa shape index (κ2) is 8.65. The van der Waals surface area contributed by atoms with Crippen LogP contribution in [0.5, 0.6) is 11.5 Å². The number of rotatable bonds is 7. The van der Waals surface area contributed by atoms with Crippen LogP contribution in [0.1, 0.15) is 21.5 Å². The zero-order valence-corrected chi connectivity index (χ0v) is 16.8. The summed E-state index contributed by atoms with van der Waals surface area (Å²) in [5.74, 6) is 1.16. The van der Waals surface area contributed by atoms with Gasteiger partial charge in [-0.15, -0.1) is 0 Å². The zero-order chi connectivity index (χ0) is 20.9. The Hall–Kier alpha value is -3.87. The van der Waals surface area contributed by atoms with Crippen molar-refractivity contribution in [2.24, 2.45) is 0 Å². The Bertz CT molecular complexity index is 1170. The van der Waals surface area contributed by atoms with Gasteiger partial charge >= 0.3 is 0 Å². The fourth-order valence-corrected chi connectivity index (χ4v) is 3.25. The molecule has 152 valence electrons. The molecule has 2 aromatic carbocycles. The van der Waals surface area contributed by atoms with Gasteiger partial charge in [-0.05, 0) is 47.5 Å². The lowest BCUT2D eigenvalue weighted by atomic mass is 10.1. The molecule has 2 heterocycles. The predicted molar refractivity (Wildman–Crippen MR) is 114 cm³/mol. The van der Waals surface area contributed by atoms with Gasteiger partial charge in [-0.3, -0.25) is 4.79 Å². The fourth-order valence-electron chi connectivity index (χ4n) is 3.25. The third-order valence-corrected chi connectivity index (χ3v) is 4.84. The third-order valence-electron chi connectivity index (χ3n) is 4.84. The number of ether oxygens (including phenoxy) is 2. The lowest BCUT2D eigenvalue weighted by molar-refractivity contribution is 0.0951. The molecule has 1 amide bonds. The monoisotopic (exact) mass is 402 g/mol. The van der Waals surface area contributed by atoms with E-state index in [1.54, 1.807) is 26.7 Å². The molecule has 7 nitrogen and oxygen atoms in total. The molecular weight excluding hydrogens is 380 g/mol. The molecule has 0 aliphatic rings. The lowest BCUT2D eigenvalue weighted by Crippen LogP contribution is -2.22. The largest absolute Gasteiger partial charge is 0.493 e. The minimum Gasteiger partial charge on any atom is -0.493 e. The molecule has 0 fully saturated rings. The van der Waals surface area contributed by atoms with E-state index in [1.165, 1.54) is 0 Å². The van der Waals surface area contributed by atoms with Crippen LogP contribution in [0.3, 0.4) is 0 Å². The van der Waals surface area contributed by atoms with Crippen molar-refractivity contribution in [3.8, 4) is 11.5 Å². The molecule has 4 rings (SSSR count). The molecule has 2 aromatic heterocycles. The molecule has 4 aromatic rings. The number of nitrogens with zero attached hydrogens (tertiary/aromatic N) is 3. The molecule has 0 saturated carbocycles. The zero-order valence-electron chi connectivity index (χ0n) is 16.8. The number of fused-ring (bicyclic) bond motifs is 1. The van der Waals surface area contributed by atoms with Crippen molar-refractivity contribution >= 4 is 17.1 Å². The maximum atomic E-state index is 12.5. The summed E-state index contributed by atoms with van der Waals surface area (Å²) in [6.07, 6.45) is 3.54. The van der Waals surface area contributed by atoms with Gasteiger partial charge in [-0.25, -0.2) is 9.97 Å². The van der Waals surface area contributed by atoms with Crippen molar-refractivity contribution in [3.63, 3.8) is 0 Å². The average Bonchev–Trinajstić information content (AvgIpc) is 3.20. The van der Waals surface area contributed by atoms with Gasteiger partial charge in [0.25, 0.3) is 5.91 Å². The SMILES string of the molecule is COc1ccc(CNC(=O)c2ccc(Cn3cnc4cccnc43)cc2)cc1OC. The highest BCUT2D eigenvalue weighted by molar-refractivity contribution is 5.94. The van der Waals surface area contributed by atoms with Crippen molar-refractivity contribution in [2.75, 3.05) is 14.2 Å². The summed E-state index contributed by atoms with van der Waals surface area (Å²) in [7, 11) is 3.18. The predicted octanol–water partition coefficient (Wildman–Crippen LogP) is 3.43. The minimum absolute atomic E-state index is 0.133. The molecule has 0 bridgehead atoms. The Balaban J connectivity index is 1.39. The first-order valence-electron chi connectivity index (χ1n) is 9.52. The number of aromatic nitrogens is 3. The molecule has 0 aliphatic carbocycles. The van der Waals surface area contributed by atoms with Gasteiger partial charge in [0.05, 0.1) is 27.1 Å². The van der Waals surface area contributed by atoms with Gasteiger partial charge in [0.2, 0.25) is 0 Å². The highest BCUT2D eigenvalue weighted by Crippen LogP contribution is 2.27. The normalized spacial score (nSPS) is 10.7. The molecular formula is C23H22N4O3. The maximum absolute atomic E-state index is 12.5. The quantitative estimate of drug-likeness (QED) is 0.512. The number of benzene rings is 2. The van der Waals surface area contributed by atoms with Crippen LogP contribution in [0.2, 0.25) is 0 Å². The Labute approximate surface area is 174 Å². The van der Waals surface area contributed by atoms with Crippen molar-refractivity contribution in [1.29, 1.82) is 0 Å². The summed E-state index contributed by atoms with van der Waals surface area (Å²) in [5.41, 5.74) is 4.30. The molecule has 0 atom stereocenters. The molecule has 1 N–H and O–H groups in total. The van der Waals surface area contributed by atoms with E-state index >= 15 is 0 Å². The third kappa shape index (κ3) is 4.10. The van der Waals surface area contributed by atoms with Gasteiger partial charge < -0.3 is 19.4 Å². The summed E-state index contributed by atoms with van der Waals surface area (Å²) < 4.78 is 12.5. The summed E-state index contributed by atoms with van der Waals surface area (Å²) in [6.45, 7) is 1.04. The average molecular weight is 402 g/mol. The first kappa shape index (κ1) is 19.4. The molecule has 0 radical (unpaired) electrons. The Morgan fingerprint density at radius 3 is 2.50 bits per heavy atom. The standard InChI is InChI=1S/C23H22N4O3/c1-29-20-10-7-17(12-21(20)30-2)13-25-23(28)18-8-5-16(6-9-18)14-27-15-26-19-4-3-11-24-22(19)27/h3-12,15H,13-14H2,1-2H3,(H,25,28). The van der Waals surface area contributed by atoms with E-state index < -0.39 is 0 Å². The summed E-state index contributed by atoms with van der Waals surface area (Å²) in [4.78, 5) is 21.2. The van der Waals surface area contributed by atoms with E-state index in [2.05, 4.69) is 15.3 Å². The maximum Gasteiger partial charge on any atom is 0.251 e. The number of carbonyl (C=O) groups is 1. The van der Waals surface area contributed by atoms with E-state index in [0.717, 1.165) is 22.3 Å². The molecule has 0 aliphatic heterocycles. The number of hydrogen-bond donors (Lipinski definition) is 1. The number of hydrogen-bond acceptors (Lipinski definition) is 5. The van der Waals surface area contributed by atoms with Crippen LogP contribution in [-0.2, 0) is 13.1 Å². The van der Waals surface area contributed by atoms with Crippen LogP contribution in [-0.4, -0.2) is 34.7 Å². The Morgan fingerprint density at radius 1 is 0.967 bits per heavy atom. The smallest absolute Gasteiger partial charge is 0.251 e. The van der Waals surface area contributed by atoms with Crippen molar-refractivity contribution in [1.82, 2.24) is 19.9 Å². The van der Waals surface area contributed by atoms with E-state index in [0.29, 0.717) is 30.2 Å². The number of nitrogens with one attached hydrogen (secondary N) is 1. The minimum atomic E-state index is -0.133. The summed E-state index contributed by atoms with van der Waals surface area (Å²) in [6, 6.07) is 16.9. The number of amides is 1. The van der Waals surface area contributed by atoms with Crippen LogP contribution in [0.25, 0.3) is 11.2 Å². The first-order valence-corrected chi connectivity index (χ1v) is 9.52. The van der Waals surface area contributed by atoms with Crippen molar-refractivity contribution < 1.29 is 14.3 Å². The van der Waals surface area contributed by atoms with E-state index in [9.17, 15) is 4.79 Å². The fraction of sp³-hybridized carbons (Fsp3) is 0.174. The van der Waals surface area contributed by atoms with Gasteiger partial charge in [0.15, 0.2) is 17.1 Å². The second-order valence-electron chi connectivity index (χ2n) is 6.79. The Kier molecular flexibility index (Phi) is 5.61. The number of methoxy groups -OCH3 is 2. The van der Waals surface area contributed by atoms with Crippen LogP contribution in [0.4, 0.5) is 0 Å². The summed E-state index contributed by atoms with van der Waals surface area (Å²) in [5, 5.41) is 2.93. The molecule has 30 heavy (non-hydrogen) atoms. The van der Waals surface area contributed by atoms with Gasteiger partial charge in [0, 0.05) is 18.3 Å². The molecule has 0 unspecified atom stereocenters. The van der Waals surface area contributed by atoms with Crippen molar-refractivity contribution in [3.05, 3.63) is 83.8 Å². The molecule has 0 spiro atoms.